The van der Waals surface area contributed by atoms with Gasteiger partial charge in [0.25, 0.3) is 0 Å². The fourth-order valence-corrected chi connectivity index (χ4v) is 3.97. The largest absolute Gasteiger partial charge is 0.481 e. The molecule has 0 aromatic carbocycles. The molecule has 0 saturated carbocycles. The lowest BCUT2D eigenvalue weighted by Gasteiger charge is -2.12. The van der Waals surface area contributed by atoms with Crippen LogP contribution in [0.15, 0.2) is 46.3 Å². The van der Waals surface area contributed by atoms with Crippen molar-refractivity contribution < 1.29 is 37.0 Å². The van der Waals surface area contributed by atoms with Gasteiger partial charge in [-0.05, 0) is 78.7 Å². The van der Waals surface area contributed by atoms with Crippen molar-refractivity contribution >= 4 is 15.6 Å². The van der Waals surface area contributed by atoms with Gasteiger partial charge >= 0.3 is 15.6 Å². The molecule has 0 aliphatic heterocycles. The number of phosphoric acid groups is 2. The van der Waals surface area contributed by atoms with Gasteiger partial charge < -0.3 is 14.7 Å². The standard InChI is InChI=1S/C20H35FO7P2/c1-16(2)9-6-10-17(3)11-7-12-18(4)13-8-14-19(5)20(21)15-27-30(25,26)28-29(22,23)24/h9,11,13H,6-8,10,12,14-15H2,1-5H3,(H,25,26)(H2,22,23,24)/b17-11+,18-13+,20-19-. The Kier molecular flexibility index (Phi) is 13.9. The Labute approximate surface area is 179 Å². The molecule has 0 radical (unpaired) electrons. The molecule has 0 aliphatic carbocycles. The van der Waals surface area contributed by atoms with Crippen molar-refractivity contribution in [1.29, 1.82) is 0 Å². The van der Waals surface area contributed by atoms with Crippen molar-refractivity contribution in [3.05, 3.63) is 46.3 Å². The molecule has 0 bridgehead atoms. The van der Waals surface area contributed by atoms with E-state index in [0.717, 1.165) is 25.7 Å². The molecule has 0 saturated heterocycles. The van der Waals surface area contributed by atoms with E-state index >= 15 is 0 Å². The summed E-state index contributed by atoms with van der Waals surface area (Å²) in [5, 5.41) is 0. The number of rotatable bonds is 14. The maximum Gasteiger partial charge on any atom is 0.481 e. The van der Waals surface area contributed by atoms with Crippen molar-refractivity contribution in [3.63, 3.8) is 0 Å². The monoisotopic (exact) mass is 468 g/mol. The molecule has 174 valence electrons. The van der Waals surface area contributed by atoms with Gasteiger partial charge in [-0.3, -0.25) is 4.52 Å². The third-order valence-corrected chi connectivity index (χ3v) is 6.29. The van der Waals surface area contributed by atoms with E-state index in [-0.39, 0.29) is 0 Å². The summed E-state index contributed by atoms with van der Waals surface area (Å²) in [5.74, 6) is -0.778. The van der Waals surface area contributed by atoms with E-state index in [0.29, 0.717) is 18.4 Å². The van der Waals surface area contributed by atoms with Crippen LogP contribution in [-0.2, 0) is 18.0 Å². The molecule has 0 aromatic heterocycles. The Morgan fingerprint density at radius 1 is 0.833 bits per heavy atom. The molecule has 0 rings (SSSR count). The molecule has 0 heterocycles. The van der Waals surface area contributed by atoms with E-state index in [1.807, 2.05) is 13.0 Å². The van der Waals surface area contributed by atoms with E-state index in [4.69, 9.17) is 14.7 Å². The molecule has 3 N–H and O–H groups in total. The Morgan fingerprint density at radius 3 is 1.77 bits per heavy atom. The van der Waals surface area contributed by atoms with Crippen molar-refractivity contribution in [2.24, 2.45) is 0 Å². The average molecular weight is 468 g/mol. The highest BCUT2D eigenvalue weighted by Gasteiger charge is 2.32. The summed E-state index contributed by atoms with van der Waals surface area (Å²) in [5.41, 5.74) is 4.21. The zero-order valence-electron chi connectivity index (χ0n) is 18.4. The van der Waals surface area contributed by atoms with E-state index in [2.05, 4.69) is 41.8 Å². The second-order valence-corrected chi connectivity index (χ2v) is 10.3. The summed E-state index contributed by atoms with van der Waals surface area (Å²) in [4.78, 5) is 26.1. The van der Waals surface area contributed by atoms with Crippen molar-refractivity contribution in [1.82, 2.24) is 0 Å². The van der Waals surface area contributed by atoms with Crippen LogP contribution in [0.4, 0.5) is 4.39 Å². The van der Waals surface area contributed by atoms with Crippen molar-refractivity contribution in [2.45, 2.75) is 73.1 Å². The molecule has 7 nitrogen and oxygen atoms in total. The predicted octanol–water partition coefficient (Wildman–Crippen LogP) is 6.66. The summed E-state index contributed by atoms with van der Waals surface area (Å²) >= 11 is 0. The number of phosphoric ester groups is 1. The van der Waals surface area contributed by atoms with Gasteiger partial charge in [0.2, 0.25) is 0 Å². The lowest BCUT2D eigenvalue weighted by atomic mass is 10.0. The first-order valence-electron chi connectivity index (χ1n) is 9.75. The number of hydrogen-bond acceptors (Lipinski definition) is 4. The summed E-state index contributed by atoms with van der Waals surface area (Å²) in [6.45, 7) is 8.95. The molecule has 10 heteroatoms. The van der Waals surface area contributed by atoms with Gasteiger partial charge in [0.05, 0.1) is 0 Å². The van der Waals surface area contributed by atoms with Gasteiger partial charge in [-0.15, -0.1) is 0 Å². The smallest absolute Gasteiger partial charge is 0.302 e. The summed E-state index contributed by atoms with van der Waals surface area (Å²) < 4.78 is 43.7. The quantitative estimate of drug-likeness (QED) is 0.193. The van der Waals surface area contributed by atoms with Crippen molar-refractivity contribution in [2.75, 3.05) is 6.61 Å². The third-order valence-electron chi connectivity index (χ3n) is 4.16. The molecule has 0 fully saturated rings. The van der Waals surface area contributed by atoms with Gasteiger partial charge in [-0.25, -0.2) is 13.5 Å². The Morgan fingerprint density at radius 2 is 1.30 bits per heavy atom. The Hall–Kier alpha value is -0.850. The average Bonchev–Trinajstić information content (AvgIpc) is 2.57. The topological polar surface area (TPSA) is 113 Å². The number of allylic oxidation sites excluding steroid dienone is 7. The molecule has 1 atom stereocenters. The van der Waals surface area contributed by atoms with Crippen LogP contribution in [0.2, 0.25) is 0 Å². The van der Waals surface area contributed by atoms with Crippen LogP contribution in [0.1, 0.15) is 73.1 Å². The fourth-order valence-electron chi connectivity index (χ4n) is 2.43. The summed E-state index contributed by atoms with van der Waals surface area (Å²) in [6, 6.07) is 0. The first-order valence-corrected chi connectivity index (χ1v) is 12.8. The number of hydrogen-bond donors (Lipinski definition) is 3. The molecular weight excluding hydrogens is 433 g/mol. The van der Waals surface area contributed by atoms with Crippen LogP contribution < -0.4 is 0 Å². The molecule has 30 heavy (non-hydrogen) atoms. The number of halogens is 1. The van der Waals surface area contributed by atoms with E-state index in [9.17, 15) is 13.5 Å². The summed E-state index contributed by atoms with van der Waals surface area (Å²) in [7, 11) is -10.3. The van der Waals surface area contributed by atoms with E-state index < -0.39 is 28.1 Å². The van der Waals surface area contributed by atoms with Gasteiger partial charge in [-0.1, -0.05) is 34.9 Å². The lowest BCUT2D eigenvalue weighted by molar-refractivity contribution is 0.181. The second-order valence-electron chi connectivity index (χ2n) is 7.50. The third kappa shape index (κ3) is 16.9. The Balaban J connectivity index is 4.40. The molecule has 0 aromatic rings. The minimum absolute atomic E-state index is 0.324. The first kappa shape index (κ1) is 29.1. The maximum atomic E-state index is 14.0. The zero-order chi connectivity index (χ0) is 23.4. The highest BCUT2D eigenvalue weighted by molar-refractivity contribution is 7.60. The fraction of sp³-hybridized carbons (Fsp3) is 0.600. The zero-order valence-corrected chi connectivity index (χ0v) is 20.2. The highest BCUT2D eigenvalue weighted by Crippen LogP contribution is 2.57. The minimum atomic E-state index is -5.22. The normalized spacial score (nSPS) is 16.2. The first-order chi connectivity index (χ1) is 13.7. The van der Waals surface area contributed by atoms with Crippen LogP contribution in [0.25, 0.3) is 0 Å². The molecule has 0 amide bonds. The van der Waals surface area contributed by atoms with Crippen LogP contribution in [-0.4, -0.2) is 21.3 Å². The predicted molar refractivity (Wildman–Crippen MR) is 117 cm³/mol. The molecular formula is C20H35FO7P2. The Bertz CT molecular complexity index is 759. The second kappa shape index (κ2) is 14.3. The summed E-state index contributed by atoms with van der Waals surface area (Å²) in [6.07, 6.45) is 11.5. The molecule has 0 spiro atoms. The highest BCUT2D eigenvalue weighted by atomic mass is 31.3. The molecule has 0 aliphatic rings. The van der Waals surface area contributed by atoms with Gasteiger partial charge in [0.15, 0.2) is 0 Å². The van der Waals surface area contributed by atoms with Crippen LogP contribution in [0, 0.1) is 0 Å². The van der Waals surface area contributed by atoms with Gasteiger partial charge in [0, 0.05) is 0 Å². The van der Waals surface area contributed by atoms with Crippen LogP contribution in [0.5, 0.6) is 0 Å². The SMILES string of the molecule is CC(C)=CCC/C(C)=C/CC/C(C)=C/CC/C(C)=C(\F)COP(=O)(O)OP(=O)(O)O. The minimum Gasteiger partial charge on any atom is -0.302 e. The van der Waals surface area contributed by atoms with E-state index in [1.165, 1.54) is 23.6 Å². The molecule has 1 unspecified atom stereocenters. The maximum absolute atomic E-state index is 14.0. The van der Waals surface area contributed by atoms with Gasteiger partial charge in [-0.2, -0.15) is 4.31 Å². The van der Waals surface area contributed by atoms with Crippen molar-refractivity contribution in [3.8, 4) is 0 Å². The van der Waals surface area contributed by atoms with Crippen LogP contribution >= 0.6 is 15.6 Å². The van der Waals surface area contributed by atoms with Gasteiger partial charge in [0.1, 0.15) is 12.4 Å². The lowest BCUT2D eigenvalue weighted by Crippen LogP contribution is -1.98. The van der Waals surface area contributed by atoms with E-state index in [1.54, 1.807) is 0 Å². The van der Waals surface area contributed by atoms with Crippen LogP contribution in [0.3, 0.4) is 0 Å².